The van der Waals surface area contributed by atoms with Crippen LogP contribution in [0, 0.1) is 0 Å². The lowest BCUT2D eigenvalue weighted by Gasteiger charge is -2.14. The summed E-state index contributed by atoms with van der Waals surface area (Å²) >= 11 is 0. The number of ether oxygens (including phenoxy) is 1. The molecule has 0 spiro atoms. The molecule has 0 unspecified atom stereocenters. The number of hydrogen-bond donors (Lipinski definition) is 1. The zero-order chi connectivity index (χ0) is 12.5. The summed E-state index contributed by atoms with van der Waals surface area (Å²) in [6.07, 6.45) is 0.473. The van der Waals surface area contributed by atoms with Crippen molar-refractivity contribution in [2.75, 3.05) is 13.7 Å². The Morgan fingerprint density at radius 2 is 2.06 bits per heavy atom. The van der Waals surface area contributed by atoms with Gasteiger partial charge in [-0.1, -0.05) is 30.3 Å². The maximum atomic E-state index is 11.5. The smallest absolute Gasteiger partial charge is 0.325 e. The van der Waals surface area contributed by atoms with E-state index in [1.54, 1.807) is 6.92 Å². The number of carbonyl (C=O) groups excluding carboxylic acids is 1. The molecule has 0 aromatic heterocycles. The SMILES string of the molecule is CCOON[C@@H](Cc1ccccc1)C(=O)OC. The van der Waals surface area contributed by atoms with Gasteiger partial charge in [-0.15, -0.1) is 4.99 Å². The van der Waals surface area contributed by atoms with Crippen LogP contribution in [0.4, 0.5) is 0 Å². The van der Waals surface area contributed by atoms with Crippen LogP contribution in [0.25, 0.3) is 0 Å². The van der Waals surface area contributed by atoms with Gasteiger partial charge < -0.3 is 4.74 Å². The standard InChI is InChI=1S/C12H17NO4/c1-3-16-17-13-11(12(14)15-2)9-10-7-5-4-6-8-10/h4-8,11,13H,3,9H2,1-2H3/t11-/m0/s1. The zero-order valence-electron chi connectivity index (χ0n) is 10.0. The Balaban J connectivity index is 2.54. The van der Waals surface area contributed by atoms with Gasteiger partial charge in [-0.25, -0.2) is 4.89 Å². The monoisotopic (exact) mass is 239 g/mol. The number of esters is 1. The predicted octanol–water partition coefficient (Wildman–Crippen LogP) is 1.24. The molecule has 0 heterocycles. The second-order valence-electron chi connectivity index (χ2n) is 3.37. The van der Waals surface area contributed by atoms with Crippen molar-refractivity contribution in [3.63, 3.8) is 0 Å². The summed E-state index contributed by atoms with van der Waals surface area (Å²) in [6, 6.07) is 9.01. The van der Waals surface area contributed by atoms with E-state index in [9.17, 15) is 4.79 Å². The van der Waals surface area contributed by atoms with E-state index in [-0.39, 0.29) is 0 Å². The molecule has 0 aliphatic rings. The average molecular weight is 239 g/mol. The second-order valence-corrected chi connectivity index (χ2v) is 3.37. The molecule has 5 nitrogen and oxygen atoms in total. The minimum Gasteiger partial charge on any atom is -0.468 e. The highest BCUT2D eigenvalue weighted by molar-refractivity contribution is 5.75. The first-order valence-corrected chi connectivity index (χ1v) is 5.43. The van der Waals surface area contributed by atoms with Gasteiger partial charge in [0, 0.05) is 6.42 Å². The van der Waals surface area contributed by atoms with Gasteiger partial charge in [-0.3, -0.25) is 4.79 Å². The largest absolute Gasteiger partial charge is 0.468 e. The molecule has 0 radical (unpaired) electrons. The summed E-state index contributed by atoms with van der Waals surface area (Å²) in [4.78, 5) is 20.9. The van der Waals surface area contributed by atoms with Crippen LogP contribution in [0.2, 0.25) is 0 Å². The molecule has 1 N–H and O–H groups in total. The Bertz CT molecular complexity index is 329. The van der Waals surface area contributed by atoms with Crippen molar-refractivity contribution >= 4 is 5.97 Å². The normalized spacial score (nSPS) is 12.1. The van der Waals surface area contributed by atoms with Crippen molar-refractivity contribution in [3.8, 4) is 0 Å². The van der Waals surface area contributed by atoms with Gasteiger partial charge >= 0.3 is 5.97 Å². The van der Waals surface area contributed by atoms with Gasteiger partial charge in [0.25, 0.3) is 0 Å². The van der Waals surface area contributed by atoms with E-state index < -0.39 is 12.0 Å². The molecule has 0 saturated heterocycles. The third-order valence-electron chi connectivity index (χ3n) is 2.14. The molecule has 0 amide bonds. The van der Waals surface area contributed by atoms with Crippen LogP contribution >= 0.6 is 0 Å². The van der Waals surface area contributed by atoms with Gasteiger partial charge in [0.05, 0.1) is 13.7 Å². The van der Waals surface area contributed by atoms with Crippen LogP contribution in [-0.4, -0.2) is 25.7 Å². The number of methoxy groups -OCH3 is 1. The van der Waals surface area contributed by atoms with Gasteiger partial charge in [-0.05, 0) is 12.5 Å². The summed E-state index contributed by atoms with van der Waals surface area (Å²) in [7, 11) is 1.34. The van der Waals surface area contributed by atoms with E-state index in [0.717, 1.165) is 5.56 Å². The molecule has 1 aromatic rings. The van der Waals surface area contributed by atoms with Crippen LogP contribution in [0.1, 0.15) is 12.5 Å². The molecule has 5 heteroatoms. The summed E-state index contributed by atoms with van der Waals surface area (Å²) < 4.78 is 4.68. The van der Waals surface area contributed by atoms with E-state index in [1.165, 1.54) is 7.11 Å². The lowest BCUT2D eigenvalue weighted by atomic mass is 10.1. The first-order chi connectivity index (χ1) is 8.27. The highest BCUT2D eigenvalue weighted by atomic mass is 17.3. The zero-order valence-corrected chi connectivity index (χ0v) is 10.0. The first-order valence-electron chi connectivity index (χ1n) is 5.43. The minimum atomic E-state index is -0.589. The van der Waals surface area contributed by atoms with E-state index in [0.29, 0.717) is 13.0 Å². The predicted molar refractivity (Wildman–Crippen MR) is 61.8 cm³/mol. The molecule has 0 bridgehead atoms. The van der Waals surface area contributed by atoms with Crippen molar-refractivity contribution in [3.05, 3.63) is 35.9 Å². The molecule has 1 rings (SSSR count). The van der Waals surface area contributed by atoms with E-state index in [4.69, 9.17) is 0 Å². The minimum absolute atomic E-state index is 0.395. The highest BCUT2D eigenvalue weighted by Gasteiger charge is 2.19. The fraction of sp³-hybridized carbons (Fsp3) is 0.417. The maximum absolute atomic E-state index is 11.5. The lowest BCUT2D eigenvalue weighted by molar-refractivity contribution is -0.338. The second kappa shape index (κ2) is 7.78. The third kappa shape index (κ3) is 4.95. The Labute approximate surface area is 101 Å². The van der Waals surface area contributed by atoms with Crippen LogP contribution in [0.3, 0.4) is 0 Å². The molecule has 0 aliphatic carbocycles. The van der Waals surface area contributed by atoms with Crippen LogP contribution < -0.4 is 5.48 Å². The number of benzene rings is 1. The number of rotatable bonds is 7. The molecule has 0 saturated carbocycles. The number of hydrogen-bond acceptors (Lipinski definition) is 5. The van der Waals surface area contributed by atoms with Gasteiger partial charge in [0.2, 0.25) is 0 Å². The van der Waals surface area contributed by atoms with Crippen LogP contribution in [0.15, 0.2) is 30.3 Å². The Morgan fingerprint density at radius 3 is 2.65 bits per heavy atom. The fourth-order valence-electron chi connectivity index (χ4n) is 1.32. The molecule has 17 heavy (non-hydrogen) atoms. The lowest BCUT2D eigenvalue weighted by Crippen LogP contribution is -2.39. The number of hydroxylamine groups is 1. The van der Waals surface area contributed by atoms with E-state index in [1.807, 2.05) is 30.3 Å². The summed E-state index contributed by atoms with van der Waals surface area (Å²) in [5, 5.41) is 0. The van der Waals surface area contributed by atoms with Crippen LogP contribution in [-0.2, 0) is 25.8 Å². The molecular weight excluding hydrogens is 222 g/mol. The Kier molecular flexibility index (Phi) is 6.24. The quantitative estimate of drug-likeness (QED) is 0.336. The first kappa shape index (κ1) is 13.6. The number of carbonyl (C=O) groups is 1. The fourth-order valence-corrected chi connectivity index (χ4v) is 1.32. The Morgan fingerprint density at radius 1 is 1.35 bits per heavy atom. The third-order valence-corrected chi connectivity index (χ3v) is 2.14. The topological polar surface area (TPSA) is 56.8 Å². The molecule has 1 aromatic carbocycles. The molecule has 1 atom stereocenters. The van der Waals surface area contributed by atoms with Gasteiger partial charge in [0.15, 0.2) is 0 Å². The molecule has 94 valence electrons. The molecule has 0 fully saturated rings. The van der Waals surface area contributed by atoms with E-state index in [2.05, 4.69) is 20.1 Å². The summed E-state index contributed by atoms with van der Waals surface area (Å²) in [5.74, 6) is -0.395. The van der Waals surface area contributed by atoms with Crippen molar-refractivity contribution < 1.29 is 19.4 Å². The summed E-state index contributed by atoms with van der Waals surface area (Å²) in [6.45, 7) is 2.18. The van der Waals surface area contributed by atoms with Gasteiger partial charge in [0.1, 0.15) is 6.04 Å². The van der Waals surface area contributed by atoms with E-state index >= 15 is 0 Å². The Hall–Kier alpha value is -1.43. The average Bonchev–Trinajstić information content (AvgIpc) is 2.38. The highest BCUT2D eigenvalue weighted by Crippen LogP contribution is 2.04. The summed E-state index contributed by atoms with van der Waals surface area (Å²) in [5.41, 5.74) is 3.53. The van der Waals surface area contributed by atoms with Gasteiger partial charge in [-0.2, -0.15) is 5.48 Å². The van der Waals surface area contributed by atoms with Crippen molar-refractivity contribution in [1.29, 1.82) is 0 Å². The molecular formula is C12H17NO4. The van der Waals surface area contributed by atoms with Crippen molar-refractivity contribution in [2.45, 2.75) is 19.4 Å². The van der Waals surface area contributed by atoms with Crippen molar-refractivity contribution in [2.24, 2.45) is 0 Å². The molecule has 0 aliphatic heterocycles. The van der Waals surface area contributed by atoms with Crippen LogP contribution in [0.5, 0.6) is 0 Å². The number of nitrogens with one attached hydrogen (secondary N) is 1. The van der Waals surface area contributed by atoms with Crippen molar-refractivity contribution in [1.82, 2.24) is 5.48 Å². The maximum Gasteiger partial charge on any atom is 0.325 e.